The van der Waals surface area contributed by atoms with Crippen LogP contribution in [-0.2, 0) is 27.7 Å². The fourth-order valence-electron chi connectivity index (χ4n) is 4.06. The third kappa shape index (κ3) is 3.75. The number of nitrogens with zero attached hydrogens (tertiary/aromatic N) is 3. The van der Waals surface area contributed by atoms with Crippen LogP contribution in [-0.4, -0.2) is 48.5 Å². The largest absolute Gasteiger partial charge is 0.311 e. The van der Waals surface area contributed by atoms with Gasteiger partial charge in [0.1, 0.15) is 0 Å². The van der Waals surface area contributed by atoms with Crippen LogP contribution in [0.4, 0.5) is 5.69 Å². The van der Waals surface area contributed by atoms with Crippen molar-refractivity contribution in [3.63, 3.8) is 0 Å². The Balaban J connectivity index is 1.61. The van der Waals surface area contributed by atoms with Crippen molar-refractivity contribution >= 4 is 32.4 Å². The highest BCUT2D eigenvalue weighted by Gasteiger charge is 2.29. The maximum Gasteiger partial charge on any atom is 0.272 e. The first-order chi connectivity index (χ1) is 14.9. The minimum absolute atomic E-state index is 0.0379. The van der Waals surface area contributed by atoms with E-state index < -0.39 is 10.0 Å². The number of nitrogens with one attached hydrogen (secondary N) is 1. The first-order valence-corrected chi connectivity index (χ1v) is 11.7. The summed E-state index contributed by atoms with van der Waals surface area (Å²) >= 11 is 0. The predicted molar refractivity (Wildman–Crippen MR) is 119 cm³/mol. The highest BCUT2D eigenvalue weighted by molar-refractivity contribution is 7.89. The summed E-state index contributed by atoms with van der Waals surface area (Å²) in [5.74, 6) is -0.150. The van der Waals surface area contributed by atoms with Gasteiger partial charge in [0.15, 0.2) is 0 Å². The van der Waals surface area contributed by atoms with Gasteiger partial charge >= 0.3 is 0 Å². The number of aromatic nitrogens is 2. The van der Waals surface area contributed by atoms with Gasteiger partial charge in [0.25, 0.3) is 5.56 Å². The molecule has 0 saturated carbocycles. The summed E-state index contributed by atoms with van der Waals surface area (Å²) in [7, 11) is -3.55. The van der Waals surface area contributed by atoms with Crippen molar-refractivity contribution in [1.82, 2.24) is 14.5 Å². The van der Waals surface area contributed by atoms with Crippen LogP contribution in [0, 0.1) is 0 Å². The van der Waals surface area contributed by atoms with Gasteiger partial charge < -0.3 is 4.90 Å². The molecule has 0 saturated heterocycles. The van der Waals surface area contributed by atoms with E-state index >= 15 is 0 Å². The molecule has 1 aromatic heterocycles. The number of hydrogen-bond donors (Lipinski definition) is 1. The molecule has 1 N–H and O–H groups in total. The first-order valence-electron chi connectivity index (χ1n) is 10.3. The van der Waals surface area contributed by atoms with E-state index in [9.17, 15) is 18.0 Å². The van der Waals surface area contributed by atoms with E-state index in [2.05, 4.69) is 10.2 Å². The minimum Gasteiger partial charge on any atom is -0.311 e. The van der Waals surface area contributed by atoms with Gasteiger partial charge in [-0.05, 0) is 36.2 Å². The number of carbonyl (C=O) groups excluding carboxylic acids is 1. The molecule has 1 aliphatic rings. The van der Waals surface area contributed by atoms with Gasteiger partial charge in [-0.3, -0.25) is 9.59 Å². The van der Waals surface area contributed by atoms with E-state index in [1.54, 1.807) is 47.4 Å². The standard InChI is InChI=1S/C22H24N4O4S/c1-3-25(4-2)31(29,30)16-9-10-20-15(13-16)11-12-26(20)21(27)14-19-17-7-5-6-8-18(17)22(28)24-23-19/h5-10,13H,3-4,11-12,14H2,1-2H3,(H,24,28). The normalized spacial score (nSPS) is 13.7. The molecule has 0 spiro atoms. The Bertz CT molecular complexity index is 1310. The molecule has 162 valence electrons. The molecule has 2 heterocycles. The van der Waals surface area contributed by atoms with Gasteiger partial charge in [-0.25, -0.2) is 13.5 Å². The molecule has 0 bridgehead atoms. The van der Waals surface area contributed by atoms with E-state index in [-0.39, 0.29) is 22.8 Å². The molecule has 0 unspecified atom stereocenters. The fourth-order valence-corrected chi connectivity index (χ4v) is 5.56. The van der Waals surface area contributed by atoms with E-state index in [0.717, 1.165) is 11.3 Å². The zero-order valence-electron chi connectivity index (χ0n) is 17.5. The van der Waals surface area contributed by atoms with Gasteiger partial charge in [0.2, 0.25) is 15.9 Å². The van der Waals surface area contributed by atoms with E-state index in [0.29, 0.717) is 42.5 Å². The Kier molecular flexibility index (Phi) is 5.63. The molecular formula is C22H24N4O4S. The summed E-state index contributed by atoms with van der Waals surface area (Å²) in [5, 5.41) is 7.69. The highest BCUT2D eigenvalue weighted by atomic mass is 32.2. The van der Waals surface area contributed by atoms with Crippen LogP contribution in [0.15, 0.2) is 52.2 Å². The molecule has 0 aliphatic carbocycles. The van der Waals surface area contributed by atoms with Crippen LogP contribution < -0.4 is 10.5 Å². The topological polar surface area (TPSA) is 103 Å². The van der Waals surface area contributed by atoms with Crippen molar-refractivity contribution in [2.45, 2.75) is 31.6 Å². The summed E-state index contributed by atoms with van der Waals surface area (Å²) in [4.78, 5) is 26.9. The molecule has 2 aromatic carbocycles. The van der Waals surface area contributed by atoms with Gasteiger partial charge in [0.05, 0.1) is 22.4 Å². The number of aromatic amines is 1. The molecule has 0 radical (unpaired) electrons. The predicted octanol–water partition coefficient (Wildman–Crippen LogP) is 2.09. The molecule has 3 aromatic rings. The lowest BCUT2D eigenvalue weighted by molar-refractivity contribution is -0.117. The second kappa shape index (κ2) is 8.24. The Morgan fingerprint density at radius 2 is 1.84 bits per heavy atom. The zero-order valence-corrected chi connectivity index (χ0v) is 18.3. The molecule has 0 atom stereocenters. The monoisotopic (exact) mass is 440 g/mol. The maximum absolute atomic E-state index is 13.1. The summed E-state index contributed by atoms with van der Waals surface area (Å²) in [6.45, 7) is 4.90. The molecule has 1 aliphatic heterocycles. The number of fused-ring (bicyclic) bond motifs is 2. The third-order valence-electron chi connectivity index (χ3n) is 5.68. The van der Waals surface area contributed by atoms with Gasteiger partial charge in [-0.1, -0.05) is 32.0 Å². The summed E-state index contributed by atoms with van der Waals surface area (Å²) < 4.78 is 27.0. The average Bonchev–Trinajstić information content (AvgIpc) is 3.20. The number of anilines is 1. The number of H-pyrrole nitrogens is 1. The van der Waals surface area contributed by atoms with Crippen LogP contribution in [0.25, 0.3) is 10.8 Å². The molecule has 4 rings (SSSR count). The average molecular weight is 441 g/mol. The fraction of sp³-hybridized carbons (Fsp3) is 0.318. The van der Waals surface area contributed by atoms with Crippen molar-refractivity contribution < 1.29 is 13.2 Å². The van der Waals surface area contributed by atoms with Gasteiger partial charge in [-0.2, -0.15) is 9.40 Å². The number of benzene rings is 2. The van der Waals surface area contributed by atoms with Gasteiger partial charge in [0, 0.05) is 30.7 Å². The number of sulfonamides is 1. The van der Waals surface area contributed by atoms with Crippen LogP contribution >= 0.6 is 0 Å². The number of amides is 1. The van der Waals surface area contributed by atoms with E-state index in [1.807, 2.05) is 13.8 Å². The van der Waals surface area contributed by atoms with Gasteiger partial charge in [-0.15, -0.1) is 0 Å². The molecule has 9 heteroatoms. The number of rotatable bonds is 6. The first kappa shape index (κ1) is 21.2. The van der Waals surface area contributed by atoms with Crippen molar-refractivity contribution in [3.8, 4) is 0 Å². The Labute approximate surface area is 180 Å². The van der Waals surface area contributed by atoms with E-state index in [4.69, 9.17) is 0 Å². The van der Waals surface area contributed by atoms with Crippen molar-refractivity contribution in [3.05, 3.63) is 64.1 Å². The van der Waals surface area contributed by atoms with Crippen molar-refractivity contribution in [1.29, 1.82) is 0 Å². The molecule has 8 nitrogen and oxygen atoms in total. The third-order valence-corrected chi connectivity index (χ3v) is 7.73. The lowest BCUT2D eigenvalue weighted by atomic mass is 10.1. The summed E-state index contributed by atoms with van der Waals surface area (Å²) in [5.41, 5.74) is 1.77. The number of carbonyl (C=O) groups is 1. The number of hydrogen-bond acceptors (Lipinski definition) is 5. The smallest absolute Gasteiger partial charge is 0.272 e. The van der Waals surface area contributed by atoms with Crippen molar-refractivity contribution in [2.24, 2.45) is 0 Å². The van der Waals surface area contributed by atoms with Crippen molar-refractivity contribution in [2.75, 3.05) is 24.5 Å². The van der Waals surface area contributed by atoms with E-state index in [1.165, 1.54) is 4.31 Å². The van der Waals surface area contributed by atoms with Crippen LogP contribution in [0.1, 0.15) is 25.1 Å². The SMILES string of the molecule is CCN(CC)S(=O)(=O)c1ccc2c(c1)CCN2C(=O)Cc1n[nH]c(=O)c2ccccc12. The Hall–Kier alpha value is -3.04. The second-order valence-corrected chi connectivity index (χ2v) is 9.33. The van der Waals surface area contributed by atoms with Crippen LogP contribution in [0.3, 0.4) is 0 Å². The molecule has 31 heavy (non-hydrogen) atoms. The van der Waals surface area contributed by atoms with Crippen LogP contribution in [0.5, 0.6) is 0 Å². The summed E-state index contributed by atoms with van der Waals surface area (Å²) in [6, 6.07) is 12.0. The summed E-state index contributed by atoms with van der Waals surface area (Å²) in [6.07, 6.45) is 0.624. The molecule has 1 amide bonds. The highest BCUT2D eigenvalue weighted by Crippen LogP contribution is 2.31. The lowest BCUT2D eigenvalue weighted by Crippen LogP contribution is -2.31. The Morgan fingerprint density at radius 1 is 1.13 bits per heavy atom. The maximum atomic E-state index is 13.1. The molecular weight excluding hydrogens is 416 g/mol. The quantitative estimate of drug-likeness (QED) is 0.632. The Morgan fingerprint density at radius 3 is 2.55 bits per heavy atom. The second-order valence-electron chi connectivity index (χ2n) is 7.40. The lowest BCUT2D eigenvalue weighted by Gasteiger charge is -2.20. The molecule has 0 fully saturated rings. The zero-order chi connectivity index (χ0) is 22.2. The minimum atomic E-state index is -3.55. The van der Waals surface area contributed by atoms with Crippen LogP contribution in [0.2, 0.25) is 0 Å².